The van der Waals surface area contributed by atoms with Crippen LogP contribution in [0.4, 0.5) is 0 Å². The zero-order valence-electron chi connectivity index (χ0n) is 10.4. The predicted molar refractivity (Wildman–Crippen MR) is 72.2 cm³/mol. The van der Waals surface area contributed by atoms with E-state index < -0.39 is 0 Å². The molecule has 1 aromatic heterocycles. The van der Waals surface area contributed by atoms with E-state index in [0.717, 1.165) is 22.7 Å². The first-order chi connectivity index (χ1) is 8.65. The van der Waals surface area contributed by atoms with Crippen LogP contribution in [0.3, 0.4) is 0 Å². The van der Waals surface area contributed by atoms with Crippen molar-refractivity contribution >= 4 is 11.6 Å². The van der Waals surface area contributed by atoms with Crippen molar-refractivity contribution < 1.29 is 4.74 Å². The molecule has 0 aliphatic rings. The van der Waals surface area contributed by atoms with Gasteiger partial charge in [0.15, 0.2) is 0 Å². The van der Waals surface area contributed by atoms with Gasteiger partial charge in [-0.3, -0.25) is 5.10 Å². The molecule has 1 atom stereocenters. The summed E-state index contributed by atoms with van der Waals surface area (Å²) in [5, 5.41) is 7.85. The van der Waals surface area contributed by atoms with Crippen LogP contribution in [0.1, 0.15) is 22.9 Å². The highest BCUT2D eigenvalue weighted by atomic mass is 35.5. The van der Waals surface area contributed by atoms with Gasteiger partial charge in [-0.15, -0.1) is 0 Å². The van der Waals surface area contributed by atoms with E-state index in [0.29, 0.717) is 11.6 Å². The fourth-order valence-corrected chi connectivity index (χ4v) is 2.18. The predicted octanol–water partition coefficient (Wildman–Crippen LogP) is 2.47. The van der Waals surface area contributed by atoms with E-state index in [9.17, 15) is 0 Å². The molecule has 96 valence electrons. The highest BCUT2D eigenvalue weighted by Crippen LogP contribution is 2.32. The second-order valence-electron chi connectivity index (χ2n) is 4.15. The number of H-pyrrole nitrogens is 1. The SMILES string of the molecule is COc1ccc(Cl)cc1C(CN)c1cc(C)[nH]n1. The number of nitrogens with zero attached hydrogens (tertiary/aromatic N) is 1. The second-order valence-corrected chi connectivity index (χ2v) is 4.59. The molecule has 0 aliphatic carbocycles. The van der Waals surface area contributed by atoms with Crippen LogP contribution in [0.5, 0.6) is 5.75 Å². The molecule has 0 spiro atoms. The van der Waals surface area contributed by atoms with Gasteiger partial charge in [0.25, 0.3) is 0 Å². The molecular formula is C13H16ClN3O. The Morgan fingerprint density at radius 1 is 1.44 bits per heavy atom. The van der Waals surface area contributed by atoms with Gasteiger partial charge >= 0.3 is 0 Å². The molecule has 0 amide bonds. The van der Waals surface area contributed by atoms with E-state index in [2.05, 4.69) is 10.2 Å². The van der Waals surface area contributed by atoms with Crippen molar-refractivity contribution in [3.63, 3.8) is 0 Å². The van der Waals surface area contributed by atoms with Gasteiger partial charge in [0.05, 0.1) is 12.8 Å². The van der Waals surface area contributed by atoms with Crippen molar-refractivity contribution in [2.24, 2.45) is 5.73 Å². The molecule has 0 aliphatic heterocycles. The zero-order valence-corrected chi connectivity index (χ0v) is 11.2. The molecule has 2 aromatic rings. The minimum absolute atomic E-state index is 0.0244. The Hall–Kier alpha value is -1.52. The minimum Gasteiger partial charge on any atom is -0.496 e. The van der Waals surface area contributed by atoms with Crippen molar-refractivity contribution in [1.82, 2.24) is 10.2 Å². The molecule has 0 fully saturated rings. The number of aryl methyl sites for hydroxylation is 1. The number of ether oxygens (including phenoxy) is 1. The first-order valence-electron chi connectivity index (χ1n) is 5.71. The molecule has 1 aromatic carbocycles. The molecule has 2 rings (SSSR count). The van der Waals surface area contributed by atoms with E-state index in [-0.39, 0.29) is 5.92 Å². The van der Waals surface area contributed by atoms with E-state index in [4.69, 9.17) is 22.1 Å². The van der Waals surface area contributed by atoms with Crippen molar-refractivity contribution in [3.05, 3.63) is 46.2 Å². The lowest BCUT2D eigenvalue weighted by molar-refractivity contribution is 0.407. The number of nitrogens with one attached hydrogen (secondary N) is 1. The second kappa shape index (κ2) is 5.42. The summed E-state index contributed by atoms with van der Waals surface area (Å²) in [5.74, 6) is 0.749. The smallest absolute Gasteiger partial charge is 0.122 e. The normalized spacial score (nSPS) is 12.4. The molecule has 0 saturated carbocycles. The van der Waals surface area contributed by atoms with Crippen LogP contribution in [0.25, 0.3) is 0 Å². The molecule has 0 saturated heterocycles. The van der Waals surface area contributed by atoms with Crippen LogP contribution in [-0.2, 0) is 0 Å². The first-order valence-corrected chi connectivity index (χ1v) is 6.09. The average molecular weight is 266 g/mol. The van der Waals surface area contributed by atoms with Gasteiger partial charge in [-0.1, -0.05) is 11.6 Å². The van der Waals surface area contributed by atoms with Crippen LogP contribution in [0.15, 0.2) is 24.3 Å². The number of methoxy groups -OCH3 is 1. The number of aromatic amines is 1. The van der Waals surface area contributed by atoms with Crippen LogP contribution in [0, 0.1) is 6.92 Å². The van der Waals surface area contributed by atoms with Crippen molar-refractivity contribution in [2.75, 3.05) is 13.7 Å². The van der Waals surface area contributed by atoms with Crippen molar-refractivity contribution in [3.8, 4) is 5.75 Å². The van der Waals surface area contributed by atoms with E-state index >= 15 is 0 Å². The Bertz CT molecular complexity index is 539. The van der Waals surface area contributed by atoms with E-state index in [1.807, 2.05) is 25.1 Å². The third kappa shape index (κ3) is 2.49. The number of rotatable bonds is 4. The Labute approximate surface area is 111 Å². The first kappa shape index (κ1) is 12.9. The summed E-state index contributed by atoms with van der Waals surface area (Å²) in [6, 6.07) is 7.51. The highest BCUT2D eigenvalue weighted by Gasteiger charge is 2.19. The summed E-state index contributed by atoms with van der Waals surface area (Å²) in [4.78, 5) is 0. The fourth-order valence-electron chi connectivity index (χ4n) is 2.00. The van der Waals surface area contributed by atoms with Gasteiger partial charge in [-0.05, 0) is 31.2 Å². The molecule has 4 nitrogen and oxygen atoms in total. The standard InChI is InChI=1S/C13H16ClN3O/c1-8-5-12(17-16-8)11(7-15)10-6-9(14)3-4-13(10)18-2/h3-6,11H,7,15H2,1-2H3,(H,16,17). The lowest BCUT2D eigenvalue weighted by Crippen LogP contribution is -2.15. The number of aromatic nitrogens is 2. The Balaban J connectivity index is 2.47. The summed E-state index contributed by atoms with van der Waals surface area (Å²) in [6.45, 7) is 2.40. The highest BCUT2D eigenvalue weighted by molar-refractivity contribution is 6.30. The summed E-state index contributed by atoms with van der Waals surface area (Å²) in [6.07, 6.45) is 0. The molecule has 1 heterocycles. The van der Waals surface area contributed by atoms with Crippen LogP contribution < -0.4 is 10.5 Å². The molecular weight excluding hydrogens is 250 g/mol. The van der Waals surface area contributed by atoms with Gasteiger partial charge in [0.2, 0.25) is 0 Å². The lowest BCUT2D eigenvalue weighted by Gasteiger charge is -2.16. The summed E-state index contributed by atoms with van der Waals surface area (Å²) < 4.78 is 5.36. The summed E-state index contributed by atoms with van der Waals surface area (Å²) in [7, 11) is 1.64. The van der Waals surface area contributed by atoms with Crippen LogP contribution in [0.2, 0.25) is 5.02 Å². The Kier molecular flexibility index (Phi) is 3.89. The maximum Gasteiger partial charge on any atom is 0.122 e. The molecule has 5 heteroatoms. The fraction of sp³-hybridized carbons (Fsp3) is 0.308. The van der Waals surface area contributed by atoms with Gasteiger partial charge < -0.3 is 10.5 Å². The van der Waals surface area contributed by atoms with Gasteiger partial charge in [-0.25, -0.2) is 0 Å². The van der Waals surface area contributed by atoms with Gasteiger partial charge in [0, 0.05) is 28.7 Å². The Morgan fingerprint density at radius 3 is 2.78 bits per heavy atom. The number of nitrogens with two attached hydrogens (primary N) is 1. The Morgan fingerprint density at radius 2 is 2.22 bits per heavy atom. The van der Waals surface area contributed by atoms with Crippen LogP contribution in [-0.4, -0.2) is 23.9 Å². The monoisotopic (exact) mass is 265 g/mol. The third-order valence-corrected chi connectivity index (χ3v) is 3.12. The maximum atomic E-state index is 6.04. The largest absolute Gasteiger partial charge is 0.496 e. The van der Waals surface area contributed by atoms with Gasteiger partial charge in [0.1, 0.15) is 5.75 Å². The summed E-state index contributed by atoms with van der Waals surface area (Å²) >= 11 is 6.04. The minimum atomic E-state index is -0.0244. The molecule has 0 radical (unpaired) electrons. The van der Waals surface area contributed by atoms with E-state index in [1.54, 1.807) is 13.2 Å². The van der Waals surface area contributed by atoms with Crippen molar-refractivity contribution in [1.29, 1.82) is 0 Å². The average Bonchev–Trinajstić information content (AvgIpc) is 2.77. The third-order valence-electron chi connectivity index (χ3n) is 2.89. The molecule has 18 heavy (non-hydrogen) atoms. The van der Waals surface area contributed by atoms with Crippen molar-refractivity contribution in [2.45, 2.75) is 12.8 Å². The molecule has 1 unspecified atom stereocenters. The van der Waals surface area contributed by atoms with Crippen LogP contribution >= 0.6 is 11.6 Å². The van der Waals surface area contributed by atoms with E-state index in [1.165, 1.54) is 0 Å². The molecule has 0 bridgehead atoms. The lowest BCUT2D eigenvalue weighted by atomic mass is 9.95. The molecule has 3 N–H and O–H groups in total. The number of hydrogen-bond acceptors (Lipinski definition) is 3. The maximum absolute atomic E-state index is 6.04. The number of benzene rings is 1. The topological polar surface area (TPSA) is 63.9 Å². The zero-order chi connectivity index (χ0) is 13.1. The summed E-state index contributed by atoms with van der Waals surface area (Å²) in [5.41, 5.74) is 8.73. The quantitative estimate of drug-likeness (QED) is 0.893. The van der Waals surface area contributed by atoms with Gasteiger partial charge in [-0.2, -0.15) is 5.10 Å². The number of halogens is 1. The number of hydrogen-bond donors (Lipinski definition) is 2.